The van der Waals surface area contributed by atoms with E-state index >= 15 is 0 Å². The van der Waals surface area contributed by atoms with Gasteiger partial charge >= 0.3 is 5.97 Å². The summed E-state index contributed by atoms with van der Waals surface area (Å²) in [5.74, 6) is -1.02. The molecule has 1 aromatic rings. The maximum Gasteiger partial charge on any atom is 0.307 e. The highest BCUT2D eigenvalue weighted by molar-refractivity contribution is 5.84. The molecule has 0 bridgehead atoms. The van der Waals surface area contributed by atoms with Gasteiger partial charge in [-0.3, -0.25) is 14.5 Å². The maximum absolute atomic E-state index is 12.4. The van der Waals surface area contributed by atoms with Crippen molar-refractivity contribution in [1.29, 1.82) is 0 Å². The minimum absolute atomic E-state index is 0.117. The molecule has 1 aliphatic carbocycles. The number of likely N-dealkylation sites (tertiary alicyclic amines) is 1. The Kier molecular flexibility index (Phi) is 7.71. The van der Waals surface area contributed by atoms with Crippen LogP contribution in [0.2, 0.25) is 0 Å². The van der Waals surface area contributed by atoms with Crippen molar-refractivity contribution in [3.63, 3.8) is 0 Å². The van der Waals surface area contributed by atoms with Gasteiger partial charge in [0.15, 0.2) is 0 Å². The second-order valence-electron chi connectivity index (χ2n) is 7.92. The summed E-state index contributed by atoms with van der Waals surface area (Å²) in [6.45, 7) is 4.58. The fraction of sp³-hybridized carbons (Fsp3) is 0.636. The summed E-state index contributed by atoms with van der Waals surface area (Å²) in [5.41, 5.74) is 1.13. The van der Waals surface area contributed by atoms with Gasteiger partial charge in [-0.2, -0.15) is 0 Å². The molecule has 1 aliphatic heterocycles. The van der Waals surface area contributed by atoms with Crippen LogP contribution in [0.1, 0.15) is 44.1 Å². The van der Waals surface area contributed by atoms with Gasteiger partial charge in [0.25, 0.3) is 0 Å². The van der Waals surface area contributed by atoms with E-state index in [1.54, 1.807) is 0 Å². The quantitative estimate of drug-likeness (QED) is 0.680. The zero-order chi connectivity index (χ0) is 19.8. The largest absolute Gasteiger partial charge is 0.492 e. The van der Waals surface area contributed by atoms with Gasteiger partial charge in [-0.1, -0.05) is 25.0 Å². The van der Waals surface area contributed by atoms with Crippen LogP contribution in [-0.2, 0) is 16.0 Å². The van der Waals surface area contributed by atoms with E-state index < -0.39 is 17.8 Å². The Morgan fingerprint density at radius 2 is 1.71 bits per heavy atom. The Balaban J connectivity index is 1.37. The molecule has 6 heteroatoms. The minimum Gasteiger partial charge on any atom is -0.492 e. The molecular weight excluding hydrogens is 356 g/mol. The van der Waals surface area contributed by atoms with Crippen LogP contribution in [0.3, 0.4) is 0 Å². The molecule has 0 spiro atoms. The molecule has 1 heterocycles. The van der Waals surface area contributed by atoms with Crippen LogP contribution in [0.15, 0.2) is 24.3 Å². The summed E-state index contributed by atoms with van der Waals surface area (Å²) in [7, 11) is 0. The first-order valence-electron chi connectivity index (χ1n) is 10.6. The molecule has 1 aromatic carbocycles. The first-order valence-corrected chi connectivity index (χ1v) is 10.6. The van der Waals surface area contributed by atoms with Crippen molar-refractivity contribution in [3.8, 4) is 5.75 Å². The van der Waals surface area contributed by atoms with E-state index in [0.717, 1.165) is 37.1 Å². The van der Waals surface area contributed by atoms with Crippen LogP contribution in [0.25, 0.3) is 0 Å². The molecule has 0 aromatic heterocycles. The SMILES string of the molecule is O=C(O)C1CCCCC1C(=O)NCCc1ccc(OCCN2CCCC2)cc1. The number of hydrogen-bond donors (Lipinski definition) is 2. The minimum atomic E-state index is -0.847. The third-order valence-corrected chi connectivity index (χ3v) is 5.93. The average molecular weight is 389 g/mol. The lowest BCUT2D eigenvalue weighted by Gasteiger charge is -2.27. The molecule has 1 saturated heterocycles. The summed E-state index contributed by atoms with van der Waals surface area (Å²) in [6, 6.07) is 8.00. The molecule has 6 nitrogen and oxygen atoms in total. The summed E-state index contributed by atoms with van der Waals surface area (Å²) >= 11 is 0. The van der Waals surface area contributed by atoms with Gasteiger partial charge < -0.3 is 15.2 Å². The molecule has 2 atom stereocenters. The van der Waals surface area contributed by atoms with E-state index in [-0.39, 0.29) is 5.91 Å². The van der Waals surface area contributed by atoms with Crippen LogP contribution in [-0.4, -0.2) is 54.7 Å². The van der Waals surface area contributed by atoms with E-state index in [4.69, 9.17) is 4.74 Å². The van der Waals surface area contributed by atoms with Crippen LogP contribution >= 0.6 is 0 Å². The van der Waals surface area contributed by atoms with E-state index in [9.17, 15) is 14.7 Å². The van der Waals surface area contributed by atoms with Crippen LogP contribution in [0, 0.1) is 11.8 Å². The second-order valence-corrected chi connectivity index (χ2v) is 7.92. The first kappa shape index (κ1) is 20.6. The van der Waals surface area contributed by atoms with Gasteiger partial charge in [0.05, 0.1) is 11.8 Å². The Morgan fingerprint density at radius 3 is 2.39 bits per heavy atom. The van der Waals surface area contributed by atoms with Crippen molar-refractivity contribution < 1.29 is 19.4 Å². The predicted molar refractivity (Wildman–Crippen MR) is 107 cm³/mol. The second kappa shape index (κ2) is 10.5. The summed E-state index contributed by atoms with van der Waals surface area (Å²) in [4.78, 5) is 26.2. The summed E-state index contributed by atoms with van der Waals surface area (Å²) in [6.07, 6.45) is 6.42. The number of hydrogen-bond acceptors (Lipinski definition) is 4. The highest BCUT2D eigenvalue weighted by Gasteiger charge is 2.35. The monoisotopic (exact) mass is 388 g/mol. The first-order chi connectivity index (χ1) is 13.6. The van der Waals surface area contributed by atoms with E-state index in [1.807, 2.05) is 24.3 Å². The Hall–Kier alpha value is -2.08. The lowest BCUT2D eigenvalue weighted by Crippen LogP contribution is -2.40. The van der Waals surface area contributed by atoms with Gasteiger partial charge in [0.2, 0.25) is 5.91 Å². The van der Waals surface area contributed by atoms with Crippen LogP contribution in [0.5, 0.6) is 5.75 Å². The topological polar surface area (TPSA) is 78.9 Å². The molecule has 1 amide bonds. The number of nitrogens with zero attached hydrogens (tertiary/aromatic N) is 1. The highest BCUT2D eigenvalue weighted by Crippen LogP contribution is 2.30. The molecule has 1 saturated carbocycles. The fourth-order valence-electron chi connectivity index (χ4n) is 4.25. The number of amides is 1. The standard InChI is InChI=1S/C22H32N2O4/c25-21(19-5-1-2-6-20(19)22(26)27)23-12-11-17-7-9-18(10-8-17)28-16-15-24-13-3-4-14-24/h7-10,19-20H,1-6,11-16H2,(H,23,25)(H,26,27). The summed E-state index contributed by atoms with van der Waals surface area (Å²) in [5, 5.41) is 12.2. The third-order valence-electron chi connectivity index (χ3n) is 5.93. The van der Waals surface area contributed by atoms with Crippen LogP contribution in [0.4, 0.5) is 0 Å². The van der Waals surface area contributed by atoms with Gasteiger partial charge in [-0.25, -0.2) is 0 Å². The number of carbonyl (C=O) groups is 2. The smallest absolute Gasteiger partial charge is 0.307 e. The molecule has 154 valence electrons. The van der Waals surface area contributed by atoms with Crippen molar-refractivity contribution in [2.24, 2.45) is 11.8 Å². The lowest BCUT2D eigenvalue weighted by atomic mass is 9.78. The number of carboxylic acids is 1. The van der Waals surface area contributed by atoms with Crippen molar-refractivity contribution in [2.45, 2.75) is 44.9 Å². The third kappa shape index (κ3) is 5.96. The zero-order valence-electron chi connectivity index (χ0n) is 16.6. The predicted octanol–water partition coefficient (Wildman–Crippen LogP) is 2.71. The van der Waals surface area contributed by atoms with E-state index in [0.29, 0.717) is 26.0 Å². The number of benzene rings is 1. The molecule has 28 heavy (non-hydrogen) atoms. The number of aliphatic carboxylic acids is 1. The fourth-order valence-corrected chi connectivity index (χ4v) is 4.25. The average Bonchev–Trinajstić information content (AvgIpc) is 3.22. The van der Waals surface area contributed by atoms with Gasteiger partial charge in [0.1, 0.15) is 12.4 Å². The van der Waals surface area contributed by atoms with Crippen molar-refractivity contribution in [2.75, 3.05) is 32.8 Å². The summed E-state index contributed by atoms with van der Waals surface area (Å²) < 4.78 is 5.81. The number of rotatable bonds is 9. The molecule has 3 rings (SSSR count). The number of ether oxygens (including phenoxy) is 1. The molecule has 2 unspecified atom stereocenters. The van der Waals surface area contributed by atoms with E-state index in [2.05, 4.69) is 10.2 Å². The maximum atomic E-state index is 12.4. The van der Waals surface area contributed by atoms with Crippen molar-refractivity contribution in [1.82, 2.24) is 10.2 Å². The molecular formula is C22H32N2O4. The normalized spacial score (nSPS) is 22.7. The number of carbonyl (C=O) groups excluding carboxylic acids is 1. The Morgan fingerprint density at radius 1 is 1.04 bits per heavy atom. The Bertz CT molecular complexity index is 640. The van der Waals surface area contributed by atoms with Gasteiger partial charge in [-0.05, 0) is 62.9 Å². The van der Waals surface area contributed by atoms with E-state index in [1.165, 1.54) is 25.9 Å². The zero-order valence-corrected chi connectivity index (χ0v) is 16.6. The molecule has 2 fully saturated rings. The lowest BCUT2D eigenvalue weighted by molar-refractivity contribution is -0.148. The van der Waals surface area contributed by atoms with Crippen LogP contribution < -0.4 is 10.1 Å². The Labute approximate surface area is 167 Å². The molecule has 2 N–H and O–H groups in total. The number of nitrogens with one attached hydrogen (secondary N) is 1. The van der Waals surface area contributed by atoms with Crippen molar-refractivity contribution in [3.05, 3.63) is 29.8 Å². The number of carboxylic acid groups (broad SMARTS) is 1. The van der Waals surface area contributed by atoms with Gasteiger partial charge in [0, 0.05) is 13.1 Å². The molecule has 2 aliphatic rings. The van der Waals surface area contributed by atoms with Gasteiger partial charge in [-0.15, -0.1) is 0 Å². The molecule has 0 radical (unpaired) electrons. The van der Waals surface area contributed by atoms with Crippen molar-refractivity contribution >= 4 is 11.9 Å². The highest BCUT2D eigenvalue weighted by atomic mass is 16.5.